The van der Waals surface area contributed by atoms with Crippen molar-refractivity contribution >= 4 is 11.7 Å². The lowest BCUT2D eigenvalue weighted by Gasteiger charge is -2.29. The van der Waals surface area contributed by atoms with Crippen molar-refractivity contribution in [1.29, 1.82) is 0 Å². The van der Waals surface area contributed by atoms with E-state index in [1.54, 1.807) is 18.1 Å². The molecule has 0 saturated carbocycles. The quantitative estimate of drug-likeness (QED) is 0.690. The first-order valence-electron chi connectivity index (χ1n) is 5.61. The molecule has 4 heteroatoms. The maximum atomic E-state index is 11.8. The van der Waals surface area contributed by atoms with Crippen molar-refractivity contribution in [3.05, 3.63) is 35.3 Å². The average molecular weight is 233 g/mol. The zero-order valence-electron chi connectivity index (χ0n) is 10.0. The highest BCUT2D eigenvalue weighted by atomic mass is 16.5. The number of rotatable bonds is 1. The number of piperidine rings is 1. The molecule has 0 unspecified atom stereocenters. The van der Waals surface area contributed by atoms with Crippen molar-refractivity contribution in [1.82, 2.24) is 4.90 Å². The minimum Gasteiger partial charge on any atom is -0.497 e. The molecule has 1 amide bonds. The Balaban J connectivity index is 2.45. The van der Waals surface area contributed by atoms with Crippen molar-refractivity contribution in [3.63, 3.8) is 0 Å². The number of allylic oxidation sites excluding steroid dienone is 4. The number of Topliss-reactive ketones (excluding diaryl/α,β-unsaturated/α-hetero) is 1. The maximum Gasteiger partial charge on any atom is 0.223 e. The first-order valence-corrected chi connectivity index (χ1v) is 5.61. The van der Waals surface area contributed by atoms with Gasteiger partial charge in [-0.25, -0.2) is 0 Å². The monoisotopic (exact) mass is 233 g/mol. The molecule has 0 atom stereocenters. The predicted octanol–water partition coefficient (Wildman–Crippen LogP) is 1.55. The van der Waals surface area contributed by atoms with Crippen LogP contribution < -0.4 is 0 Å². The number of ether oxygens (including phenoxy) is 1. The fraction of sp³-hybridized carbons (Fsp3) is 0.385. The fourth-order valence-electron chi connectivity index (χ4n) is 2.09. The molecule has 1 heterocycles. The minimum absolute atomic E-state index is 0.0491. The molecule has 4 nitrogen and oxygen atoms in total. The summed E-state index contributed by atoms with van der Waals surface area (Å²) in [5.41, 5.74) is 1.30. The summed E-state index contributed by atoms with van der Waals surface area (Å²) in [5.74, 6) is 0.735. The van der Waals surface area contributed by atoms with Crippen LogP contribution in [0.2, 0.25) is 0 Å². The van der Waals surface area contributed by atoms with E-state index in [0.717, 1.165) is 0 Å². The third-order valence-electron chi connectivity index (χ3n) is 2.97. The number of likely N-dealkylation sites (tertiary alicyclic amines) is 1. The summed E-state index contributed by atoms with van der Waals surface area (Å²) in [7, 11) is 1.58. The topological polar surface area (TPSA) is 46.6 Å². The summed E-state index contributed by atoms with van der Waals surface area (Å²) in [6, 6.07) is 0. The molecule has 0 bridgehead atoms. The fourth-order valence-corrected chi connectivity index (χ4v) is 2.09. The van der Waals surface area contributed by atoms with Crippen LogP contribution in [0.1, 0.15) is 19.8 Å². The molecule has 0 aromatic heterocycles. The maximum absolute atomic E-state index is 11.8. The van der Waals surface area contributed by atoms with Crippen LogP contribution in [0.15, 0.2) is 35.3 Å². The van der Waals surface area contributed by atoms with Crippen LogP contribution in [0.5, 0.6) is 0 Å². The lowest BCUT2D eigenvalue weighted by Crippen LogP contribution is -2.37. The van der Waals surface area contributed by atoms with Crippen molar-refractivity contribution < 1.29 is 14.3 Å². The van der Waals surface area contributed by atoms with E-state index in [1.165, 1.54) is 6.92 Å². The first kappa shape index (κ1) is 11.6. The number of methoxy groups -OCH3 is 1. The smallest absolute Gasteiger partial charge is 0.223 e. The molecule has 1 saturated heterocycles. The van der Waals surface area contributed by atoms with Gasteiger partial charge < -0.3 is 9.64 Å². The normalized spacial score (nSPS) is 19.8. The van der Waals surface area contributed by atoms with Crippen LogP contribution in [-0.2, 0) is 14.3 Å². The third-order valence-corrected chi connectivity index (χ3v) is 2.97. The number of hydrogen-bond acceptors (Lipinski definition) is 3. The van der Waals surface area contributed by atoms with Crippen molar-refractivity contribution in [2.24, 2.45) is 0 Å². The van der Waals surface area contributed by atoms with E-state index in [1.807, 2.05) is 12.2 Å². The number of ketones is 1. The Labute approximate surface area is 100 Å². The van der Waals surface area contributed by atoms with Gasteiger partial charge >= 0.3 is 0 Å². The van der Waals surface area contributed by atoms with Crippen LogP contribution >= 0.6 is 0 Å². The summed E-state index contributed by atoms with van der Waals surface area (Å²) >= 11 is 0. The summed E-state index contributed by atoms with van der Waals surface area (Å²) in [6.45, 7) is 1.96. The third kappa shape index (κ3) is 2.16. The molecule has 0 aromatic rings. The van der Waals surface area contributed by atoms with Gasteiger partial charge in [0.25, 0.3) is 0 Å². The molecule has 1 aliphatic heterocycles. The van der Waals surface area contributed by atoms with Crippen LogP contribution in [-0.4, -0.2) is 30.2 Å². The van der Waals surface area contributed by atoms with Gasteiger partial charge in [-0.1, -0.05) is 6.08 Å². The van der Waals surface area contributed by atoms with Crippen LogP contribution in [0.4, 0.5) is 0 Å². The molecule has 0 spiro atoms. The molecule has 17 heavy (non-hydrogen) atoms. The largest absolute Gasteiger partial charge is 0.497 e. The summed E-state index contributed by atoms with van der Waals surface area (Å²) in [4.78, 5) is 25.0. The van der Waals surface area contributed by atoms with Gasteiger partial charge in [-0.2, -0.15) is 0 Å². The molecule has 90 valence electrons. The highest BCUT2D eigenvalue weighted by molar-refractivity contribution is 6.02. The molecular weight excluding hydrogens is 218 g/mol. The Hall–Kier alpha value is -1.84. The number of hydrogen-bond donors (Lipinski definition) is 0. The second kappa shape index (κ2) is 4.57. The molecule has 0 N–H and O–H groups in total. The first-order chi connectivity index (χ1) is 8.13. The Bertz CT molecular complexity index is 457. The van der Waals surface area contributed by atoms with Crippen molar-refractivity contribution in [2.75, 3.05) is 13.7 Å². The summed E-state index contributed by atoms with van der Waals surface area (Å²) < 4.78 is 5.19. The zero-order chi connectivity index (χ0) is 12.4. The number of amides is 1. The van der Waals surface area contributed by atoms with E-state index in [4.69, 9.17) is 4.74 Å². The van der Waals surface area contributed by atoms with Crippen LogP contribution in [0.25, 0.3) is 0 Å². The Kier molecular flexibility index (Phi) is 3.13. The number of carbonyl (C=O) groups excluding carboxylic acids is 2. The van der Waals surface area contributed by atoms with Gasteiger partial charge in [0.05, 0.1) is 12.8 Å². The summed E-state index contributed by atoms with van der Waals surface area (Å²) in [6.07, 6.45) is 6.55. The van der Waals surface area contributed by atoms with Gasteiger partial charge in [-0.15, -0.1) is 0 Å². The van der Waals surface area contributed by atoms with E-state index in [2.05, 4.69) is 0 Å². The number of carbonyl (C=O) groups is 2. The summed E-state index contributed by atoms with van der Waals surface area (Å²) in [5, 5.41) is 0. The Morgan fingerprint density at radius 1 is 1.41 bits per heavy atom. The van der Waals surface area contributed by atoms with E-state index in [-0.39, 0.29) is 11.7 Å². The van der Waals surface area contributed by atoms with Gasteiger partial charge in [0, 0.05) is 31.5 Å². The second-order valence-corrected chi connectivity index (χ2v) is 4.04. The molecular formula is C13H15NO3. The van der Waals surface area contributed by atoms with E-state index in [0.29, 0.717) is 36.4 Å². The average Bonchev–Trinajstić information content (AvgIpc) is 2.51. The lowest BCUT2D eigenvalue weighted by atomic mass is 9.98. The van der Waals surface area contributed by atoms with Crippen LogP contribution in [0, 0.1) is 0 Å². The Morgan fingerprint density at radius 2 is 2.18 bits per heavy atom. The SMILES string of the molecule is COC1=CCC=C2C(=O)CCN(C(C)=O)C2=C1. The van der Waals surface area contributed by atoms with Crippen LogP contribution in [0.3, 0.4) is 0 Å². The number of fused-ring (bicyclic) bond motifs is 1. The van der Waals surface area contributed by atoms with E-state index >= 15 is 0 Å². The zero-order valence-corrected chi connectivity index (χ0v) is 10.0. The minimum atomic E-state index is -0.0491. The molecule has 1 fully saturated rings. The molecule has 0 radical (unpaired) electrons. The number of nitrogens with zero attached hydrogens (tertiary/aromatic N) is 1. The predicted molar refractivity (Wildman–Crippen MR) is 62.9 cm³/mol. The van der Waals surface area contributed by atoms with E-state index < -0.39 is 0 Å². The highest BCUT2D eigenvalue weighted by Crippen LogP contribution is 2.28. The highest BCUT2D eigenvalue weighted by Gasteiger charge is 2.29. The van der Waals surface area contributed by atoms with Gasteiger partial charge in [0.2, 0.25) is 5.91 Å². The van der Waals surface area contributed by atoms with Crippen molar-refractivity contribution in [2.45, 2.75) is 19.8 Å². The molecule has 2 aliphatic rings. The van der Waals surface area contributed by atoms with Gasteiger partial charge in [-0.3, -0.25) is 9.59 Å². The molecule has 2 rings (SSSR count). The molecule has 1 aliphatic carbocycles. The van der Waals surface area contributed by atoms with Gasteiger partial charge in [0.1, 0.15) is 5.76 Å². The second-order valence-electron chi connectivity index (χ2n) is 4.04. The van der Waals surface area contributed by atoms with Crippen molar-refractivity contribution in [3.8, 4) is 0 Å². The van der Waals surface area contributed by atoms with E-state index in [9.17, 15) is 9.59 Å². The van der Waals surface area contributed by atoms with Gasteiger partial charge in [0.15, 0.2) is 5.78 Å². The Morgan fingerprint density at radius 3 is 2.82 bits per heavy atom. The molecule has 0 aromatic carbocycles. The lowest BCUT2D eigenvalue weighted by molar-refractivity contribution is -0.128. The van der Waals surface area contributed by atoms with Gasteiger partial charge in [-0.05, 0) is 12.5 Å². The standard InChI is InChI=1S/C13H15NO3/c1-9(15)14-7-6-13(16)11-5-3-4-10(17-2)8-12(11)14/h4-5,8H,3,6-7H2,1-2H3.